The number of fused-ring (bicyclic) bond motifs is 1. The molecular formula is C21H21F3N4O2. The molecule has 3 aromatic rings. The van der Waals surface area contributed by atoms with E-state index >= 15 is 0 Å². The number of aliphatic hydroxyl groups excluding tert-OH is 1. The highest BCUT2D eigenvalue weighted by atomic mass is 19.4. The van der Waals surface area contributed by atoms with Gasteiger partial charge in [0.2, 0.25) is 0 Å². The zero-order valence-corrected chi connectivity index (χ0v) is 16.1. The van der Waals surface area contributed by atoms with Crippen LogP contribution in [-0.4, -0.2) is 36.1 Å². The van der Waals surface area contributed by atoms with Crippen LogP contribution in [0.3, 0.4) is 0 Å². The maximum absolute atomic E-state index is 13.0. The molecule has 0 amide bonds. The number of hydrogen-bond acceptors (Lipinski definition) is 5. The van der Waals surface area contributed by atoms with E-state index in [-0.39, 0.29) is 17.5 Å². The van der Waals surface area contributed by atoms with Crippen LogP contribution in [-0.2, 0) is 6.18 Å². The van der Waals surface area contributed by atoms with Gasteiger partial charge in [-0.25, -0.2) is 4.98 Å². The third kappa shape index (κ3) is 3.21. The number of aliphatic hydroxyl groups is 1. The molecule has 0 saturated heterocycles. The van der Waals surface area contributed by atoms with E-state index in [4.69, 9.17) is 0 Å². The first-order valence-corrected chi connectivity index (χ1v) is 10.2. The number of alkyl halides is 3. The van der Waals surface area contributed by atoms with Gasteiger partial charge in [0.25, 0.3) is 0 Å². The summed E-state index contributed by atoms with van der Waals surface area (Å²) in [5.41, 5.74) is 1.68. The minimum absolute atomic E-state index is 0.115. The van der Waals surface area contributed by atoms with Gasteiger partial charge in [0.05, 0.1) is 24.0 Å². The lowest BCUT2D eigenvalue weighted by atomic mass is 9.92. The zero-order chi connectivity index (χ0) is 21.0. The Bertz CT molecular complexity index is 1110. The smallest absolute Gasteiger partial charge is 0.416 e. The molecular weight excluding hydrogens is 397 g/mol. The summed E-state index contributed by atoms with van der Waals surface area (Å²) >= 11 is 0. The second kappa shape index (κ2) is 6.94. The summed E-state index contributed by atoms with van der Waals surface area (Å²) in [5.74, 6) is -0.304. The summed E-state index contributed by atoms with van der Waals surface area (Å²) in [6.07, 6.45) is 2.07. The number of nitrogens with zero attached hydrogens (tertiary/aromatic N) is 4. The van der Waals surface area contributed by atoms with Gasteiger partial charge in [-0.2, -0.15) is 13.2 Å². The van der Waals surface area contributed by atoms with E-state index < -0.39 is 23.6 Å². The fourth-order valence-electron chi connectivity index (χ4n) is 4.43. The summed E-state index contributed by atoms with van der Waals surface area (Å²) < 4.78 is 40.8. The third-order valence-electron chi connectivity index (χ3n) is 6.14. The van der Waals surface area contributed by atoms with Gasteiger partial charge >= 0.3 is 6.18 Å². The Labute approximate surface area is 170 Å². The van der Waals surface area contributed by atoms with Crippen molar-refractivity contribution in [3.8, 4) is 17.0 Å². The number of phenols is 1. The lowest BCUT2D eigenvalue weighted by Crippen LogP contribution is -2.27. The highest BCUT2D eigenvalue weighted by Crippen LogP contribution is 2.48. The number of benzene rings is 1. The summed E-state index contributed by atoms with van der Waals surface area (Å²) in [6, 6.07) is 2.78. The average Bonchev–Trinajstić information content (AvgIpc) is 3.46. The van der Waals surface area contributed by atoms with Crippen LogP contribution in [0.15, 0.2) is 24.5 Å². The van der Waals surface area contributed by atoms with Crippen molar-refractivity contribution in [1.29, 1.82) is 0 Å². The van der Waals surface area contributed by atoms with Crippen LogP contribution in [0.25, 0.3) is 22.4 Å². The third-order valence-corrected chi connectivity index (χ3v) is 6.14. The number of phenolic OH excluding ortho intramolecular Hbond substituents is 1. The van der Waals surface area contributed by atoms with Crippen LogP contribution in [0.1, 0.15) is 61.6 Å². The summed E-state index contributed by atoms with van der Waals surface area (Å²) in [4.78, 5) is 4.55. The van der Waals surface area contributed by atoms with Crippen molar-refractivity contribution < 1.29 is 23.4 Å². The quantitative estimate of drug-likeness (QED) is 0.651. The van der Waals surface area contributed by atoms with E-state index in [0.29, 0.717) is 16.9 Å². The molecule has 2 aliphatic rings. The molecule has 30 heavy (non-hydrogen) atoms. The highest BCUT2D eigenvalue weighted by molar-refractivity contribution is 5.84. The molecule has 2 atom stereocenters. The van der Waals surface area contributed by atoms with Crippen molar-refractivity contribution in [2.45, 2.75) is 62.8 Å². The molecule has 2 N–H and O–H groups in total. The molecule has 2 aliphatic carbocycles. The predicted molar refractivity (Wildman–Crippen MR) is 103 cm³/mol. The maximum Gasteiger partial charge on any atom is 0.416 e. The number of rotatable bonds is 3. The molecule has 5 rings (SSSR count). The van der Waals surface area contributed by atoms with E-state index in [1.54, 1.807) is 6.33 Å². The van der Waals surface area contributed by atoms with E-state index in [2.05, 4.69) is 15.2 Å². The predicted octanol–water partition coefficient (Wildman–Crippen LogP) is 4.57. The fraction of sp³-hybridized carbons (Fsp3) is 0.476. The Morgan fingerprint density at radius 3 is 2.47 bits per heavy atom. The van der Waals surface area contributed by atoms with Crippen LogP contribution < -0.4 is 0 Å². The van der Waals surface area contributed by atoms with Crippen LogP contribution in [0, 0.1) is 0 Å². The van der Waals surface area contributed by atoms with Crippen LogP contribution >= 0.6 is 0 Å². The minimum Gasteiger partial charge on any atom is -0.507 e. The topological polar surface area (TPSA) is 84.1 Å². The molecule has 158 valence electrons. The van der Waals surface area contributed by atoms with Crippen molar-refractivity contribution in [3.63, 3.8) is 0 Å². The Kier molecular flexibility index (Phi) is 4.46. The molecule has 0 aliphatic heterocycles. The summed E-state index contributed by atoms with van der Waals surface area (Å²) in [5, 5.41) is 29.4. The van der Waals surface area contributed by atoms with Crippen molar-refractivity contribution in [3.05, 3.63) is 35.7 Å². The number of aromatic hydroxyl groups is 1. The van der Waals surface area contributed by atoms with Crippen molar-refractivity contribution in [2.75, 3.05) is 0 Å². The van der Waals surface area contributed by atoms with Gasteiger partial charge in [0.1, 0.15) is 17.0 Å². The van der Waals surface area contributed by atoms with Gasteiger partial charge in [-0.3, -0.25) is 0 Å². The lowest BCUT2D eigenvalue weighted by Gasteiger charge is -2.28. The van der Waals surface area contributed by atoms with Gasteiger partial charge in [0.15, 0.2) is 5.65 Å². The van der Waals surface area contributed by atoms with E-state index in [0.717, 1.165) is 56.2 Å². The maximum atomic E-state index is 13.0. The number of imidazole rings is 1. The van der Waals surface area contributed by atoms with E-state index in [1.165, 1.54) is 6.07 Å². The number of halogens is 3. The van der Waals surface area contributed by atoms with Gasteiger partial charge in [-0.05, 0) is 49.8 Å². The van der Waals surface area contributed by atoms with Crippen molar-refractivity contribution in [1.82, 2.24) is 19.7 Å². The summed E-state index contributed by atoms with van der Waals surface area (Å²) in [6.45, 7) is 0. The first-order valence-electron chi connectivity index (χ1n) is 10.2. The second-order valence-electron chi connectivity index (χ2n) is 8.21. The monoisotopic (exact) mass is 418 g/mol. The molecule has 1 aromatic carbocycles. The second-order valence-corrected chi connectivity index (χ2v) is 8.21. The minimum atomic E-state index is -4.54. The van der Waals surface area contributed by atoms with Crippen molar-refractivity contribution >= 4 is 11.2 Å². The lowest BCUT2D eigenvalue weighted by molar-refractivity contribution is -0.137. The Hall–Kier alpha value is -2.68. The zero-order valence-electron chi connectivity index (χ0n) is 16.1. The van der Waals surface area contributed by atoms with E-state index in [9.17, 15) is 23.4 Å². The number of aromatic nitrogens is 4. The molecule has 2 heterocycles. The first kappa shape index (κ1) is 19.3. The molecule has 0 radical (unpaired) electrons. The van der Waals surface area contributed by atoms with Gasteiger partial charge in [-0.1, -0.05) is 12.8 Å². The standard InChI is InChI=1S/C21H21F3N4O2/c22-21(23,24)12-7-8-13(16(30)9-12)18-17(11-5-6-11)19-20(27-26-18)28(10-25-19)14-3-1-2-4-15(14)29/h7-11,14-15,29-30H,1-6H2/t14-,15-/m1/s1. The molecule has 0 bridgehead atoms. The molecule has 9 heteroatoms. The van der Waals surface area contributed by atoms with Crippen molar-refractivity contribution in [2.24, 2.45) is 0 Å². The van der Waals surface area contributed by atoms with Crippen LogP contribution in [0.5, 0.6) is 5.75 Å². The normalized spacial score (nSPS) is 22.5. The average molecular weight is 418 g/mol. The Balaban J connectivity index is 1.63. The molecule has 6 nitrogen and oxygen atoms in total. The largest absolute Gasteiger partial charge is 0.507 e. The Morgan fingerprint density at radius 1 is 1.03 bits per heavy atom. The first-order chi connectivity index (χ1) is 14.3. The highest BCUT2D eigenvalue weighted by Gasteiger charge is 2.35. The fourth-order valence-corrected chi connectivity index (χ4v) is 4.43. The van der Waals surface area contributed by atoms with Gasteiger partial charge in [-0.15, -0.1) is 10.2 Å². The summed E-state index contributed by atoms with van der Waals surface area (Å²) in [7, 11) is 0. The molecule has 2 aromatic heterocycles. The molecule has 0 spiro atoms. The molecule has 2 saturated carbocycles. The van der Waals surface area contributed by atoms with E-state index in [1.807, 2.05) is 4.57 Å². The van der Waals surface area contributed by atoms with Crippen LogP contribution in [0.4, 0.5) is 13.2 Å². The van der Waals surface area contributed by atoms with Crippen LogP contribution in [0.2, 0.25) is 0 Å². The Morgan fingerprint density at radius 2 is 1.80 bits per heavy atom. The number of hydrogen-bond donors (Lipinski definition) is 2. The molecule has 2 fully saturated rings. The SMILES string of the molecule is Oc1cc(C(F)(F)F)ccc1-c1nnc2c(ncn2[C@@H]2CCCC[C@H]2O)c1C1CC1. The van der Waals surface area contributed by atoms with Gasteiger partial charge < -0.3 is 14.8 Å². The van der Waals surface area contributed by atoms with Gasteiger partial charge in [0, 0.05) is 11.1 Å². The molecule has 0 unspecified atom stereocenters.